The quantitative estimate of drug-likeness (QED) is 0.0222. The minimum Gasteiger partial charge on any atom is -0.462 e. The van der Waals surface area contributed by atoms with Gasteiger partial charge in [0.2, 0.25) is 0 Å². The zero-order valence-corrected chi connectivity index (χ0v) is 67.6. The fourth-order valence-corrected chi connectivity index (χ4v) is 14.0. The summed E-state index contributed by atoms with van der Waals surface area (Å²) < 4.78 is 68.7. The predicted octanol–water partition coefficient (Wildman–Crippen LogP) is 24.0. The Balaban J connectivity index is 5.25. The van der Waals surface area contributed by atoms with Gasteiger partial charge in [-0.3, -0.25) is 37.3 Å². The van der Waals surface area contributed by atoms with Crippen LogP contribution in [0.4, 0.5) is 0 Å². The van der Waals surface area contributed by atoms with E-state index in [-0.39, 0.29) is 25.7 Å². The predicted molar refractivity (Wildman–Crippen MR) is 409 cm³/mol. The fraction of sp³-hybridized carbons (Fsp3) is 0.951. The summed E-state index contributed by atoms with van der Waals surface area (Å²) in [6.45, 7) is 14.3. The van der Waals surface area contributed by atoms with Crippen molar-refractivity contribution in [2.24, 2.45) is 23.7 Å². The van der Waals surface area contributed by atoms with Gasteiger partial charge < -0.3 is 33.8 Å². The maximum Gasteiger partial charge on any atom is 0.472 e. The lowest BCUT2D eigenvalue weighted by molar-refractivity contribution is -0.161. The van der Waals surface area contributed by atoms with E-state index in [1.165, 1.54) is 212 Å². The van der Waals surface area contributed by atoms with Crippen LogP contribution in [0.5, 0.6) is 0 Å². The molecule has 0 spiro atoms. The van der Waals surface area contributed by atoms with Gasteiger partial charge in [0.25, 0.3) is 0 Å². The summed E-state index contributed by atoms with van der Waals surface area (Å²) in [4.78, 5) is 73.0. The number of carbonyl (C=O) groups excluding carboxylic acids is 4. The van der Waals surface area contributed by atoms with Gasteiger partial charge in [0, 0.05) is 25.7 Å². The number of hydrogen-bond donors (Lipinski definition) is 3. The van der Waals surface area contributed by atoms with Gasteiger partial charge in [-0.15, -0.1) is 0 Å². The first-order valence-electron chi connectivity index (χ1n) is 41.7. The highest BCUT2D eigenvalue weighted by Crippen LogP contribution is 2.45. The van der Waals surface area contributed by atoms with Crippen LogP contribution in [-0.2, 0) is 65.4 Å². The second-order valence-corrected chi connectivity index (χ2v) is 33.7. The standard InChI is InChI=1S/C81H158O17P2/c1-9-74(8)60-52-44-36-28-22-16-13-14-18-24-30-38-47-55-63-80(85)97-76(67-91-78(83)61-53-45-37-29-23-17-12-10-11-15-20-26-33-41-49-57-71(2)3)69-95-99(87,88)93-65-75(82)66-94-100(89,90)96-70-77(68-92-79(84)62-54-46-40-32-35-43-51-59-73(6)7)98-81(86)64-56-48-39-31-25-19-21-27-34-42-50-58-72(4)5/h71-77,82H,9-70H2,1-8H3,(H,87,88)(H,89,90)/t74?,75?,76-,77-/m1/s1. The number of esters is 4. The van der Waals surface area contributed by atoms with Crippen LogP contribution >= 0.6 is 15.6 Å². The van der Waals surface area contributed by atoms with Crippen molar-refractivity contribution in [3.05, 3.63) is 0 Å². The Morgan fingerprint density at radius 3 is 0.710 bits per heavy atom. The van der Waals surface area contributed by atoms with Crippen LogP contribution in [0.1, 0.15) is 415 Å². The summed E-state index contributed by atoms with van der Waals surface area (Å²) in [6, 6.07) is 0. The molecule has 0 aliphatic heterocycles. The molecule has 0 saturated heterocycles. The van der Waals surface area contributed by atoms with Crippen LogP contribution in [0.15, 0.2) is 0 Å². The number of rotatable bonds is 78. The van der Waals surface area contributed by atoms with E-state index in [0.717, 1.165) is 114 Å². The summed E-state index contributed by atoms with van der Waals surface area (Å²) in [6.07, 6.45) is 56.9. The highest BCUT2D eigenvalue weighted by molar-refractivity contribution is 7.47. The molecule has 0 heterocycles. The SMILES string of the molecule is CCC(C)CCCCCCCCCCCCCCCCC(=O)O[C@H](COC(=O)CCCCCCCCCCCCCCCCCC(C)C)COP(=O)(O)OCC(O)COP(=O)(O)OC[C@@H](COC(=O)CCCCCCCCCC(C)C)OC(=O)CCCCCCCCCCCCCC(C)C. The normalized spacial score (nSPS) is 14.3. The summed E-state index contributed by atoms with van der Waals surface area (Å²) >= 11 is 0. The van der Waals surface area contributed by atoms with Crippen LogP contribution in [-0.4, -0.2) is 96.7 Å². The molecule has 0 rings (SSSR count). The largest absolute Gasteiger partial charge is 0.472 e. The van der Waals surface area contributed by atoms with Gasteiger partial charge in [-0.05, 0) is 49.4 Å². The number of aliphatic hydroxyl groups excluding tert-OH is 1. The number of phosphoric ester groups is 2. The number of unbranched alkanes of at least 4 members (excludes halogenated alkanes) is 43. The van der Waals surface area contributed by atoms with Crippen molar-refractivity contribution in [3.63, 3.8) is 0 Å². The van der Waals surface area contributed by atoms with Gasteiger partial charge in [0.15, 0.2) is 12.2 Å². The first-order valence-corrected chi connectivity index (χ1v) is 44.7. The topological polar surface area (TPSA) is 237 Å². The zero-order chi connectivity index (χ0) is 73.8. The Morgan fingerprint density at radius 1 is 0.280 bits per heavy atom. The molecule has 6 atom stereocenters. The van der Waals surface area contributed by atoms with Crippen LogP contribution < -0.4 is 0 Å². The summed E-state index contributed by atoms with van der Waals surface area (Å²) in [5.41, 5.74) is 0. The molecule has 0 amide bonds. The molecular weight excluding hydrogens is 1310 g/mol. The molecule has 0 aliphatic carbocycles. The molecule has 0 aromatic carbocycles. The molecule has 0 fully saturated rings. The second kappa shape index (κ2) is 70.1. The lowest BCUT2D eigenvalue weighted by Gasteiger charge is -2.21. The van der Waals surface area contributed by atoms with E-state index in [2.05, 4.69) is 55.4 Å². The van der Waals surface area contributed by atoms with E-state index < -0.39 is 97.5 Å². The first kappa shape index (κ1) is 98.1. The summed E-state index contributed by atoms with van der Waals surface area (Å²) in [7, 11) is -9.92. The van der Waals surface area contributed by atoms with E-state index >= 15 is 0 Å². The van der Waals surface area contributed by atoms with Crippen LogP contribution in [0.3, 0.4) is 0 Å². The Labute approximate surface area is 613 Å². The third-order valence-corrected chi connectivity index (χ3v) is 21.1. The third-order valence-electron chi connectivity index (χ3n) is 19.2. The van der Waals surface area contributed by atoms with Crippen LogP contribution in [0.2, 0.25) is 0 Å². The van der Waals surface area contributed by atoms with E-state index in [0.29, 0.717) is 31.6 Å². The van der Waals surface area contributed by atoms with E-state index in [1.807, 2.05) is 0 Å². The Morgan fingerprint density at radius 2 is 0.480 bits per heavy atom. The molecule has 17 nitrogen and oxygen atoms in total. The van der Waals surface area contributed by atoms with Crippen molar-refractivity contribution >= 4 is 39.5 Å². The lowest BCUT2D eigenvalue weighted by atomic mass is 9.99. The minimum absolute atomic E-state index is 0.105. The molecule has 100 heavy (non-hydrogen) atoms. The molecule has 19 heteroatoms. The Hall–Kier alpha value is -1.94. The van der Waals surface area contributed by atoms with Crippen molar-refractivity contribution in [1.82, 2.24) is 0 Å². The Kier molecular flexibility index (Phi) is 68.7. The summed E-state index contributed by atoms with van der Waals surface area (Å²) in [5, 5.41) is 10.6. The van der Waals surface area contributed by atoms with Gasteiger partial charge in [0.05, 0.1) is 26.4 Å². The van der Waals surface area contributed by atoms with Crippen molar-refractivity contribution in [3.8, 4) is 0 Å². The van der Waals surface area contributed by atoms with Crippen molar-refractivity contribution in [1.29, 1.82) is 0 Å². The Bertz CT molecular complexity index is 1960. The highest BCUT2D eigenvalue weighted by atomic mass is 31.2. The molecular formula is C81H158O17P2. The average molecular weight is 1470 g/mol. The molecule has 594 valence electrons. The smallest absolute Gasteiger partial charge is 0.462 e. The van der Waals surface area contributed by atoms with E-state index in [9.17, 15) is 43.2 Å². The number of carbonyl (C=O) groups is 4. The zero-order valence-electron chi connectivity index (χ0n) is 65.8. The second-order valence-electron chi connectivity index (χ2n) is 30.8. The molecule has 3 N–H and O–H groups in total. The molecule has 0 aromatic rings. The van der Waals surface area contributed by atoms with Gasteiger partial charge >= 0.3 is 39.5 Å². The number of ether oxygens (including phenoxy) is 4. The maximum atomic E-state index is 13.1. The first-order chi connectivity index (χ1) is 48.1. The number of aliphatic hydroxyl groups is 1. The molecule has 0 aliphatic rings. The monoisotopic (exact) mass is 1470 g/mol. The van der Waals surface area contributed by atoms with Gasteiger partial charge in [-0.25, -0.2) is 9.13 Å². The molecule has 0 saturated carbocycles. The van der Waals surface area contributed by atoms with Crippen molar-refractivity contribution in [2.45, 2.75) is 433 Å². The lowest BCUT2D eigenvalue weighted by Crippen LogP contribution is -2.30. The third kappa shape index (κ3) is 73.0. The maximum absolute atomic E-state index is 13.1. The van der Waals surface area contributed by atoms with Crippen molar-refractivity contribution in [2.75, 3.05) is 39.6 Å². The van der Waals surface area contributed by atoms with Gasteiger partial charge in [-0.2, -0.15) is 0 Å². The molecule has 4 unspecified atom stereocenters. The number of phosphoric acid groups is 2. The van der Waals surface area contributed by atoms with E-state index in [4.69, 9.17) is 37.0 Å². The average Bonchev–Trinajstić information content (AvgIpc) is 0.921. The molecule has 0 bridgehead atoms. The fourth-order valence-electron chi connectivity index (χ4n) is 12.4. The van der Waals surface area contributed by atoms with E-state index in [1.54, 1.807) is 0 Å². The molecule has 0 aromatic heterocycles. The summed E-state index contributed by atoms with van der Waals surface area (Å²) in [5.74, 6) is 1.01. The highest BCUT2D eigenvalue weighted by Gasteiger charge is 2.30. The minimum atomic E-state index is -4.96. The molecule has 0 radical (unpaired) electrons. The van der Waals surface area contributed by atoms with Gasteiger partial charge in [-0.1, -0.05) is 364 Å². The van der Waals surface area contributed by atoms with Crippen LogP contribution in [0, 0.1) is 23.7 Å². The van der Waals surface area contributed by atoms with Crippen molar-refractivity contribution < 1.29 is 80.2 Å². The van der Waals surface area contributed by atoms with Gasteiger partial charge in [0.1, 0.15) is 19.3 Å². The van der Waals surface area contributed by atoms with Crippen LogP contribution in [0.25, 0.3) is 0 Å². The number of hydrogen-bond acceptors (Lipinski definition) is 15.